The van der Waals surface area contributed by atoms with Crippen LogP contribution in [0, 0.1) is 0 Å². The molecule has 0 radical (unpaired) electrons. The van der Waals surface area contributed by atoms with Crippen LogP contribution in [0.4, 0.5) is 0 Å². The molecule has 0 aliphatic carbocycles. The summed E-state index contributed by atoms with van der Waals surface area (Å²) < 4.78 is 16.8. The van der Waals surface area contributed by atoms with Crippen molar-refractivity contribution in [3.05, 3.63) is 158 Å². The van der Waals surface area contributed by atoms with E-state index in [4.69, 9.17) is 14.2 Å². The predicted octanol–water partition coefficient (Wildman–Crippen LogP) is 19.8. The van der Waals surface area contributed by atoms with E-state index in [1.54, 1.807) is 0 Å². The van der Waals surface area contributed by atoms with E-state index in [1.807, 2.05) is 12.2 Å². The third kappa shape index (κ3) is 57.8. The van der Waals surface area contributed by atoms with E-state index in [-0.39, 0.29) is 31.6 Å². The van der Waals surface area contributed by atoms with Gasteiger partial charge in [-0.1, -0.05) is 237 Å². The van der Waals surface area contributed by atoms with Crippen LogP contribution in [0.15, 0.2) is 158 Å². The van der Waals surface area contributed by atoms with Gasteiger partial charge in [0.05, 0.1) is 0 Å². The zero-order valence-electron chi connectivity index (χ0n) is 46.6. The molecule has 0 aromatic heterocycles. The zero-order chi connectivity index (χ0) is 52.9. The van der Waals surface area contributed by atoms with E-state index in [0.717, 1.165) is 148 Å². The van der Waals surface area contributed by atoms with Crippen LogP contribution in [0.5, 0.6) is 0 Å². The summed E-state index contributed by atoms with van der Waals surface area (Å²) in [5.74, 6) is -1.04. The minimum Gasteiger partial charge on any atom is -0.462 e. The van der Waals surface area contributed by atoms with Crippen LogP contribution >= 0.6 is 0 Å². The van der Waals surface area contributed by atoms with Gasteiger partial charge in [-0.15, -0.1) is 0 Å². The van der Waals surface area contributed by atoms with E-state index in [9.17, 15) is 14.4 Å². The predicted molar refractivity (Wildman–Crippen MR) is 315 cm³/mol. The van der Waals surface area contributed by atoms with Crippen LogP contribution in [-0.4, -0.2) is 37.2 Å². The van der Waals surface area contributed by atoms with Crippen molar-refractivity contribution in [3.8, 4) is 0 Å². The number of hydrogen-bond acceptors (Lipinski definition) is 6. The molecule has 0 aliphatic rings. The lowest BCUT2D eigenvalue weighted by atomic mass is 10.1. The fraction of sp³-hybridized carbons (Fsp3) is 0.567. The number of ether oxygens (including phenoxy) is 3. The van der Waals surface area contributed by atoms with Gasteiger partial charge < -0.3 is 14.2 Å². The van der Waals surface area contributed by atoms with Crippen molar-refractivity contribution in [1.29, 1.82) is 0 Å². The molecule has 0 saturated heterocycles. The van der Waals surface area contributed by atoms with Crippen LogP contribution in [0.1, 0.15) is 226 Å². The molecule has 408 valence electrons. The Hall–Kier alpha value is -4.97. The number of rotatable bonds is 50. The highest BCUT2D eigenvalue weighted by Gasteiger charge is 2.19. The molecule has 6 nitrogen and oxygen atoms in total. The van der Waals surface area contributed by atoms with Gasteiger partial charge in [0.25, 0.3) is 0 Å². The lowest BCUT2D eigenvalue weighted by Gasteiger charge is -2.18. The van der Waals surface area contributed by atoms with Gasteiger partial charge in [0, 0.05) is 19.3 Å². The minimum absolute atomic E-state index is 0.125. The molecule has 0 rings (SSSR count). The molecule has 0 heterocycles. The van der Waals surface area contributed by atoms with Crippen molar-refractivity contribution >= 4 is 17.9 Å². The molecule has 1 atom stereocenters. The maximum absolute atomic E-state index is 12.8. The van der Waals surface area contributed by atoms with E-state index in [0.29, 0.717) is 19.3 Å². The maximum atomic E-state index is 12.8. The molecular weight excluding hydrogens is 901 g/mol. The Labute approximate surface area is 448 Å². The third-order valence-electron chi connectivity index (χ3n) is 11.5. The Bertz CT molecular complexity index is 1670. The number of carbonyl (C=O) groups is 3. The molecule has 0 aromatic carbocycles. The van der Waals surface area contributed by atoms with Gasteiger partial charge in [0.1, 0.15) is 13.2 Å². The SMILES string of the molecule is CC/C=C\C/C=C\C/C=C\C/C=C\C/C=C\C/C=C\CCC(=O)OC(COC(=O)CCCCCCC/C=C\C/C=C\C/C=C\CC)COC(=O)CCCCCCCCCC/C=C\C/C=C\C/C=C\C/C=C\CC. The molecule has 0 spiro atoms. The van der Waals surface area contributed by atoms with Gasteiger partial charge in [-0.2, -0.15) is 0 Å². The Morgan fingerprint density at radius 3 is 0.822 bits per heavy atom. The second-order valence-corrected chi connectivity index (χ2v) is 18.4. The average Bonchev–Trinajstić information content (AvgIpc) is 3.39. The average molecular weight is 1010 g/mol. The fourth-order valence-corrected chi connectivity index (χ4v) is 7.30. The van der Waals surface area contributed by atoms with Crippen molar-refractivity contribution in [2.45, 2.75) is 232 Å². The Kier molecular flexibility index (Phi) is 55.5. The fourth-order valence-electron chi connectivity index (χ4n) is 7.30. The van der Waals surface area contributed by atoms with Gasteiger partial charge in [-0.05, 0) is 128 Å². The molecule has 0 aliphatic heterocycles. The summed E-state index contributed by atoms with van der Waals surface area (Å²) in [6.45, 7) is 6.20. The van der Waals surface area contributed by atoms with Gasteiger partial charge in [0.15, 0.2) is 6.10 Å². The quantitative estimate of drug-likeness (QED) is 0.0261. The molecule has 0 fully saturated rings. The summed E-state index contributed by atoms with van der Waals surface area (Å²) >= 11 is 0. The van der Waals surface area contributed by atoms with Crippen molar-refractivity contribution < 1.29 is 28.6 Å². The first-order valence-electron chi connectivity index (χ1n) is 29.0. The maximum Gasteiger partial charge on any atom is 0.306 e. The first kappa shape index (κ1) is 68.0. The first-order chi connectivity index (χ1) is 36.0. The number of unbranched alkanes of at least 4 members (excludes halogenated alkanes) is 13. The number of esters is 3. The van der Waals surface area contributed by atoms with Crippen LogP contribution in [0.3, 0.4) is 0 Å². The summed E-state index contributed by atoms with van der Waals surface area (Å²) in [4.78, 5) is 38.2. The Morgan fingerprint density at radius 2 is 0.521 bits per heavy atom. The van der Waals surface area contributed by atoms with E-state index in [2.05, 4.69) is 167 Å². The molecule has 0 amide bonds. The summed E-state index contributed by atoms with van der Waals surface area (Å²) in [6.07, 6.45) is 86.7. The zero-order valence-corrected chi connectivity index (χ0v) is 46.6. The van der Waals surface area contributed by atoms with Gasteiger partial charge in [-0.25, -0.2) is 0 Å². The molecule has 6 heteroatoms. The van der Waals surface area contributed by atoms with Crippen LogP contribution < -0.4 is 0 Å². The largest absolute Gasteiger partial charge is 0.462 e. The van der Waals surface area contributed by atoms with Crippen molar-refractivity contribution in [2.75, 3.05) is 13.2 Å². The summed E-state index contributed by atoms with van der Waals surface area (Å²) in [5, 5.41) is 0. The van der Waals surface area contributed by atoms with Gasteiger partial charge in [0.2, 0.25) is 0 Å². The van der Waals surface area contributed by atoms with Gasteiger partial charge >= 0.3 is 17.9 Å². The highest BCUT2D eigenvalue weighted by atomic mass is 16.6. The Balaban J connectivity index is 4.55. The molecular formula is C67H104O6. The van der Waals surface area contributed by atoms with Crippen molar-refractivity contribution in [3.63, 3.8) is 0 Å². The Morgan fingerprint density at radius 1 is 0.274 bits per heavy atom. The van der Waals surface area contributed by atoms with Crippen LogP contribution in [-0.2, 0) is 28.6 Å². The molecule has 0 saturated carbocycles. The van der Waals surface area contributed by atoms with Crippen LogP contribution in [0.25, 0.3) is 0 Å². The minimum atomic E-state index is -0.838. The second-order valence-electron chi connectivity index (χ2n) is 18.4. The van der Waals surface area contributed by atoms with Gasteiger partial charge in [-0.3, -0.25) is 14.4 Å². The topological polar surface area (TPSA) is 78.9 Å². The van der Waals surface area contributed by atoms with Crippen molar-refractivity contribution in [1.82, 2.24) is 0 Å². The lowest BCUT2D eigenvalue weighted by molar-refractivity contribution is -0.166. The standard InChI is InChI=1S/C67H104O6/c1-4-7-10-13-16-19-22-25-28-30-32-33-35-36-39-42-45-48-51-54-57-60-66(69)72-63-64(62-71-65(68)59-56-53-50-47-44-41-38-27-24-21-18-15-12-9-6-3)73-67(70)61-58-55-52-49-46-43-40-37-34-31-29-26-23-20-17-14-11-8-5-2/h7-12,16-21,25-29,32-34,37-38,43,46,52,55,64H,4-6,13-15,22-24,30-31,35-36,39-42,44-45,47-51,53-54,56-63H2,1-3H3/b10-7-,11-8-,12-9-,19-16-,20-17-,21-18-,28-25-,29-26-,33-32-,37-34-,38-27-,46-43-,55-52-. The smallest absolute Gasteiger partial charge is 0.306 e. The van der Waals surface area contributed by atoms with Crippen molar-refractivity contribution in [2.24, 2.45) is 0 Å². The highest BCUT2D eigenvalue weighted by molar-refractivity contribution is 5.71. The summed E-state index contributed by atoms with van der Waals surface area (Å²) in [6, 6.07) is 0. The summed E-state index contributed by atoms with van der Waals surface area (Å²) in [7, 11) is 0. The molecule has 73 heavy (non-hydrogen) atoms. The molecule has 1 unspecified atom stereocenters. The molecule has 0 aromatic rings. The summed E-state index contributed by atoms with van der Waals surface area (Å²) in [5.41, 5.74) is 0. The monoisotopic (exact) mass is 1000 g/mol. The van der Waals surface area contributed by atoms with E-state index < -0.39 is 12.1 Å². The second kappa shape index (κ2) is 59.6. The number of carbonyl (C=O) groups excluding carboxylic acids is 3. The molecule has 0 N–H and O–H groups in total. The number of hydrogen-bond donors (Lipinski definition) is 0. The molecule has 0 bridgehead atoms. The van der Waals surface area contributed by atoms with E-state index in [1.165, 1.54) is 32.1 Å². The van der Waals surface area contributed by atoms with E-state index >= 15 is 0 Å². The first-order valence-corrected chi connectivity index (χ1v) is 29.0. The normalized spacial score (nSPS) is 13.3. The number of allylic oxidation sites excluding steroid dienone is 26. The lowest BCUT2D eigenvalue weighted by Crippen LogP contribution is -2.30. The highest BCUT2D eigenvalue weighted by Crippen LogP contribution is 2.13. The third-order valence-corrected chi connectivity index (χ3v) is 11.5. The van der Waals surface area contributed by atoms with Crippen LogP contribution in [0.2, 0.25) is 0 Å².